The highest BCUT2D eigenvalue weighted by Gasteiger charge is 2.14. The van der Waals surface area contributed by atoms with Crippen LogP contribution in [-0.2, 0) is 0 Å². The molecule has 1 aromatic rings. The van der Waals surface area contributed by atoms with Gasteiger partial charge in [-0.1, -0.05) is 0 Å². The molecule has 1 rings (SSSR count). The van der Waals surface area contributed by atoms with Crippen LogP contribution >= 0.6 is 0 Å². The van der Waals surface area contributed by atoms with Crippen LogP contribution < -0.4 is 15.2 Å². The number of methoxy groups -OCH3 is 1. The number of nitrogens with two attached hydrogens (primary N) is 1. The normalized spacial score (nSPS) is 10.1. The minimum atomic E-state index is -1.04. The zero-order valence-electron chi connectivity index (χ0n) is 8.43. The SMILES string of the molecule is COc1c(OCCCN)ccc(F)c1F. The van der Waals surface area contributed by atoms with Crippen LogP contribution in [0.4, 0.5) is 8.78 Å². The van der Waals surface area contributed by atoms with Crippen molar-refractivity contribution >= 4 is 0 Å². The van der Waals surface area contributed by atoms with Gasteiger partial charge in [0, 0.05) is 0 Å². The van der Waals surface area contributed by atoms with Crippen molar-refractivity contribution in [3.8, 4) is 11.5 Å². The van der Waals surface area contributed by atoms with Gasteiger partial charge in [0.2, 0.25) is 5.82 Å². The second kappa shape index (κ2) is 5.50. The second-order valence-electron chi connectivity index (χ2n) is 2.88. The van der Waals surface area contributed by atoms with E-state index >= 15 is 0 Å². The summed E-state index contributed by atoms with van der Waals surface area (Å²) in [4.78, 5) is 0. The number of benzene rings is 1. The molecule has 5 heteroatoms. The Morgan fingerprint density at radius 1 is 1.33 bits per heavy atom. The van der Waals surface area contributed by atoms with Crippen LogP contribution in [0.2, 0.25) is 0 Å². The Morgan fingerprint density at radius 3 is 2.67 bits per heavy atom. The third-order valence-corrected chi connectivity index (χ3v) is 1.82. The summed E-state index contributed by atoms with van der Waals surface area (Å²) < 4.78 is 35.9. The first-order chi connectivity index (χ1) is 7.20. The van der Waals surface area contributed by atoms with Gasteiger partial charge in [0.1, 0.15) is 0 Å². The first kappa shape index (κ1) is 11.7. The second-order valence-corrected chi connectivity index (χ2v) is 2.88. The van der Waals surface area contributed by atoms with Crippen LogP contribution in [0.5, 0.6) is 11.5 Å². The molecule has 0 aliphatic carbocycles. The lowest BCUT2D eigenvalue weighted by atomic mass is 10.3. The van der Waals surface area contributed by atoms with E-state index in [1.165, 1.54) is 13.2 Å². The Bertz CT molecular complexity index is 331. The molecule has 0 saturated carbocycles. The summed E-state index contributed by atoms with van der Waals surface area (Å²) in [6.45, 7) is 0.823. The quantitative estimate of drug-likeness (QED) is 0.763. The molecular weight excluding hydrogens is 204 g/mol. The molecule has 0 heterocycles. The van der Waals surface area contributed by atoms with Crippen molar-refractivity contribution in [3.05, 3.63) is 23.8 Å². The van der Waals surface area contributed by atoms with Crippen LogP contribution in [0, 0.1) is 11.6 Å². The fraction of sp³-hybridized carbons (Fsp3) is 0.400. The van der Waals surface area contributed by atoms with Crippen LogP contribution in [-0.4, -0.2) is 20.3 Å². The first-order valence-electron chi connectivity index (χ1n) is 4.55. The topological polar surface area (TPSA) is 44.5 Å². The zero-order valence-corrected chi connectivity index (χ0v) is 8.43. The average Bonchev–Trinajstić information content (AvgIpc) is 2.24. The largest absolute Gasteiger partial charge is 0.490 e. The van der Waals surface area contributed by atoms with Crippen LogP contribution in [0.25, 0.3) is 0 Å². The maximum atomic E-state index is 13.2. The standard InChI is InChI=1S/C10H13F2NO2/c1-14-10-8(15-6-2-5-13)4-3-7(11)9(10)12/h3-4H,2,5-6,13H2,1H3. The fourth-order valence-corrected chi connectivity index (χ4v) is 1.08. The number of hydrogen-bond donors (Lipinski definition) is 1. The highest BCUT2D eigenvalue weighted by Crippen LogP contribution is 2.31. The minimum Gasteiger partial charge on any atom is -0.490 e. The van der Waals surface area contributed by atoms with Crippen LogP contribution in [0.1, 0.15) is 6.42 Å². The van der Waals surface area contributed by atoms with Gasteiger partial charge in [-0.25, -0.2) is 4.39 Å². The Labute approximate surface area is 86.8 Å². The van der Waals surface area contributed by atoms with E-state index < -0.39 is 11.6 Å². The summed E-state index contributed by atoms with van der Waals surface area (Å²) in [6.07, 6.45) is 0.641. The van der Waals surface area contributed by atoms with Gasteiger partial charge in [0.25, 0.3) is 0 Å². The van der Waals surface area contributed by atoms with E-state index in [4.69, 9.17) is 15.2 Å². The van der Waals surface area contributed by atoms with Gasteiger partial charge in [-0.2, -0.15) is 4.39 Å². The molecule has 0 fully saturated rings. The number of ether oxygens (including phenoxy) is 2. The summed E-state index contributed by atoms with van der Waals surface area (Å²) >= 11 is 0. The summed E-state index contributed by atoms with van der Waals surface area (Å²) in [5.74, 6) is -2.03. The summed E-state index contributed by atoms with van der Waals surface area (Å²) in [5.41, 5.74) is 5.27. The van der Waals surface area contributed by atoms with Gasteiger partial charge < -0.3 is 15.2 Å². The molecule has 0 aliphatic heterocycles. The predicted molar refractivity (Wildman–Crippen MR) is 52.1 cm³/mol. The Morgan fingerprint density at radius 2 is 2.07 bits per heavy atom. The van der Waals surface area contributed by atoms with E-state index in [1.54, 1.807) is 0 Å². The van der Waals surface area contributed by atoms with Crippen molar-refractivity contribution < 1.29 is 18.3 Å². The molecule has 0 saturated heterocycles. The molecule has 0 spiro atoms. The highest BCUT2D eigenvalue weighted by atomic mass is 19.2. The molecule has 15 heavy (non-hydrogen) atoms. The van der Waals surface area contributed by atoms with Crippen molar-refractivity contribution in [2.45, 2.75) is 6.42 Å². The Balaban J connectivity index is 2.83. The monoisotopic (exact) mass is 217 g/mol. The molecule has 0 radical (unpaired) electrons. The van der Waals surface area contributed by atoms with Gasteiger partial charge in [-0.05, 0) is 25.1 Å². The number of rotatable bonds is 5. The lowest BCUT2D eigenvalue weighted by molar-refractivity contribution is 0.280. The van der Waals surface area contributed by atoms with E-state index in [0.717, 1.165) is 6.07 Å². The van der Waals surface area contributed by atoms with Crippen LogP contribution in [0.15, 0.2) is 12.1 Å². The lowest BCUT2D eigenvalue weighted by Gasteiger charge is -2.10. The third kappa shape index (κ3) is 2.79. The predicted octanol–water partition coefficient (Wildman–Crippen LogP) is 1.70. The molecule has 0 atom stereocenters. The molecule has 0 amide bonds. The summed E-state index contributed by atoms with van der Waals surface area (Å²) in [6, 6.07) is 2.32. The summed E-state index contributed by atoms with van der Waals surface area (Å²) in [5, 5.41) is 0. The van der Waals surface area contributed by atoms with E-state index in [2.05, 4.69) is 0 Å². The average molecular weight is 217 g/mol. The third-order valence-electron chi connectivity index (χ3n) is 1.82. The van der Waals surface area contributed by atoms with Gasteiger partial charge in [-0.3, -0.25) is 0 Å². The zero-order chi connectivity index (χ0) is 11.3. The molecule has 0 aromatic heterocycles. The molecular formula is C10H13F2NO2. The van der Waals surface area contributed by atoms with Gasteiger partial charge in [0.05, 0.1) is 13.7 Å². The maximum Gasteiger partial charge on any atom is 0.204 e. The van der Waals surface area contributed by atoms with Crippen molar-refractivity contribution in [2.75, 3.05) is 20.3 Å². The van der Waals surface area contributed by atoms with Gasteiger partial charge >= 0.3 is 0 Å². The molecule has 3 nitrogen and oxygen atoms in total. The van der Waals surface area contributed by atoms with Crippen molar-refractivity contribution in [3.63, 3.8) is 0 Å². The Hall–Kier alpha value is -1.36. The van der Waals surface area contributed by atoms with Crippen molar-refractivity contribution in [1.29, 1.82) is 0 Å². The van der Waals surface area contributed by atoms with Crippen LogP contribution in [0.3, 0.4) is 0 Å². The van der Waals surface area contributed by atoms with Gasteiger partial charge in [0.15, 0.2) is 17.3 Å². The number of halogens is 2. The highest BCUT2D eigenvalue weighted by molar-refractivity contribution is 5.41. The molecule has 2 N–H and O–H groups in total. The smallest absolute Gasteiger partial charge is 0.204 e. The summed E-state index contributed by atoms with van der Waals surface area (Å²) in [7, 11) is 1.26. The van der Waals surface area contributed by atoms with E-state index in [0.29, 0.717) is 19.6 Å². The number of hydrogen-bond acceptors (Lipinski definition) is 3. The van der Waals surface area contributed by atoms with E-state index in [9.17, 15) is 8.78 Å². The maximum absolute atomic E-state index is 13.2. The Kier molecular flexibility index (Phi) is 4.30. The van der Waals surface area contributed by atoms with Crippen molar-refractivity contribution in [1.82, 2.24) is 0 Å². The molecule has 0 bridgehead atoms. The molecule has 1 aromatic carbocycles. The van der Waals surface area contributed by atoms with E-state index in [1.807, 2.05) is 0 Å². The van der Waals surface area contributed by atoms with Crippen molar-refractivity contribution in [2.24, 2.45) is 5.73 Å². The fourth-order valence-electron chi connectivity index (χ4n) is 1.08. The van der Waals surface area contributed by atoms with E-state index in [-0.39, 0.29) is 11.5 Å². The lowest BCUT2D eigenvalue weighted by Crippen LogP contribution is -2.07. The minimum absolute atomic E-state index is 0.185. The first-order valence-corrected chi connectivity index (χ1v) is 4.55. The molecule has 84 valence electrons. The van der Waals surface area contributed by atoms with Gasteiger partial charge in [-0.15, -0.1) is 0 Å². The molecule has 0 unspecified atom stereocenters. The molecule has 0 aliphatic rings.